The average Bonchev–Trinajstić information content (AvgIpc) is 3.39. The van der Waals surface area contributed by atoms with Crippen molar-refractivity contribution in [2.45, 2.75) is 38.3 Å². The van der Waals surface area contributed by atoms with Crippen LogP contribution in [0, 0.1) is 17.6 Å². The second-order valence-corrected chi connectivity index (χ2v) is 13.0. The normalized spacial score (nSPS) is 16.3. The van der Waals surface area contributed by atoms with Crippen molar-refractivity contribution in [1.29, 1.82) is 0 Å². The van der Waals surface area contributed by atoms with E-state index in [1.807, 2.05) is 36.5 Å². The van der Waals surface area contributed by atoms with Crippen LogP contribution in [0.15, 0.2) is 48.8 Å². The Morgan fingerprint density at radius 1 is 1.11 bits per heavy atom. The molecule has 0 bridgehead atoms. The van der Waals surface area contributed by atoms with Crippen LogP contribution in [-0.4, -0.2) is 77.6 Å². The van der Waals surface area contributed by atoms with Crippen molar-refractivity contribution in [3.63, 3.8) is 0 Å². The monoisotopic (exact) mass is 599 g/mol. The summed E-state index contributed by atoms with van der Waals surface area (Å²) in [5.41, 5.74) is 1.79. The lowest BCUT2D eigenvalue weighted by Gasteiger charge is -2.39. The topological polar surface area (TPSA) is 89.8 Å². The summed E-state index contributed by atoms with van der Waals surface area (Å²) in [6.07, 6.45) is 3.05. The lowest BCUT2D eigenvalue weighted by Crippen LogP contribution is -2.53. The van der Waals surface area contributed by atoms with Gasteiger partial charge in [-0.3, -0.25) is 14.5 Å². The first-order valence-corrected chi connectivity index (χ1v) is 14.6. The van der Waals surface area contributed by atoms with Crippen LogP contribution < -0.4 is 4.74 Å². The van der Waals surface area contributed by atoms with Crippen molar-refractivity contribution in [2.75, 3.05) is 19.7 Å². The second-order valence-electron chi connectivity index (χ2n) is 13.0. The van der Waals surface area contributed by atoms with Crippen molar-refractivity contribution < 1.29 is 27.8 Å². The minimum Gasteiger partial charge on any atom is -0.491 e. The molecule has 2 amide bonds. The molecule has 2 aliphatic heterocycles. The molecule has 2 aromatic heterocycles. The Hall–Kier alpha value is -4.41. The Bertz CT molecular complexity index is 1780. The smallest absolute Gasteiger partial charge is 0.410 e. The molecule has 4 aromatic rings. The standard InChI is InChI=1S/C31H33B2F2N5O4/c1-30(2,3)44-29(42)39-12-17(13-39)16-43-25-8-7-19(21-14-38(4)37-26(21)25)18-10-23(34)22(24(35)11-18)15-40-28(41)20-6-5-9-36-27(20)31(40,32)33/h5-11,14,17H,12-13,15-16,32-33H2,1-4H3. The minimum atomic E-state index is -0.823. The molecule has 1 saturated heterocycles. The van der Waals surface area contributed by atoms with Crippen LogP contribution >= 0.6 is 0 Å². The number of amides is 2. The summed E-state index contributed by atoms with van der Waals surface area (Å²) in [5, 5.41) is 4.40. The van der Waals surface area contributed by atoms with E-state index in [2.05, 4.69) is 10.1 Å². The Morgan fingerprint density at radius 3 is 2.48 bits per heavy atom. The molecule has 0 spiro atoms. The van der Waals surface area contributed by atoms with E-state index >= 15 is 8.78 Å². The maximum absolute atomic E-state index is 15.6. The molecule has 0 radical (unpaired) electrons. The highest BCUT2D eigenvalue weighted by molar-refractivity contribution is 6.42. The van der Waals surface area contributed by atoms with Gasteiger partial charge < -0.3 is 19.3 Å². The molecule has 6 rings (SSSR count). The molecule has 0 unspecified atom stereocenters. The van der Waals surface area contributed by atoms with E-state index in [0.29, 0.717) is 58.7 Å². The Labute approximate surface area is 255 Å². The zero-order chi connectivity index (χ0) is 31.6. The van der Waals surface area contributed by atoms with Crippen LogP contribution in [0.25, 0.3) is 22.0 Å². The van der Waals surface area contributed by atoms with E-state index in [4.69, 9.17) is 9.47 Å². The molecule has 9 nitrogen and oxygen atoms in total. The van der Waals surface area contributed by atoms with E-state index < -0.39 is 22.6 Å². The number of rotatable bonds is 6. The molecular weight excluding hydrogens is 566 g/mol. The van der Waals surface area contributed by atoms with Gasteiger partial charge in [0.2, 0.25) is 0 Å². The Morgan fingerprint density at radius 2 is 1.82 bits per heavy atom. The van der Waals surface area contributed by atoms with Gasteiger partial charge in [0.15, 0.2) is 0 Å². The summed E-state index contributed by atoms with van der Waals surface area (Å²) in [6, 6.07) is 9.44. The third-order valence-corrected chi connectivity index (χ3v) is 8.14. The SMILES string of the molecule is BC1(B)c2ncccc2C(=O)N1Cc1c(F)cc(-c2ccc(OCC3CN(C(=O)OC(C)(C)C)C3)c3nn(C)cc23)cc1F. The van der Waals surface area contributed by atoms with E-state index in [0.717, 1.165) is 0 Å². The van der Waals surface area contributed by atoms with Gasteiger partial charge in [0.25, 0.3) is 5.91 Å². The second kappa shape index (κ2) is 10.6. The highest BCUT2D eigenvalue weighted by Gasteiger charge is 2.44. The summed E-state index contributed by atoms with van der Waals surface area (Å²) in [5.74, 6) is -1.12. The maximum atomic E-state index is 15.6. The number of aromatic nitrogens is 3. The summed E-state index contributed by atoms with van der Waals surface area (Å²) in [4.78, 5) is 32.8. The third kappa shape index (κ3) is 5.28. The number of carbonyl (C=O) groups excluding carboxylic acids is 2. The molecule has 0 saturated carbocycles. The first kappa shape index (κ1) is 29.7. The number of benzene rings is 2. The average molecular weight is 599 g/mol. The van der Waals surface area contributed by atoms with E-state index in [1.54, 1.807) is 53.3 Å². The molecule has 44 heavy (non-hydrogen) atoms. The number of likely N-dealkylation sites (tertiary alicyclic amines) is 1. The largest absolute Gasteiger partial charge is 0.491 e. The zero-order valence-electron chi connectivity index (χ0n) is 25.6. The van der Waals surface area contributed by atoms with Crippen molar-refractivity contribution in [2.24, 2.45) is 13.0 Å². The number of fused-ring (bicyclic) bond motifs is 2. The molecule has 13 heteroatoms. The predicted molar refractivity (Wildman–Crippen MR) is 166 cm³/mol. The highest BCUT2D eigenvalue weighted by atomic mass is 19.1. The van der Waals surface area contributed by atoms with Crippen LogP contribution in [0.5, 0.6) is 5.75 Å². The minimum absolute atomic E-state index is 0.146. The zero-order valence-corrected chi connectivity index (χ0v) is 25.6. The Balaban J connectivity index is 1.20. The molecular formula is C31H33B2F2N5O4. The van der Waals surface area contributed by atoms with E-state index in [-0.39, 0.29) is 30.0 Å². The summed E-state index contributed by atoms with van der Waals surface area (Å²) >= 11 is 0. The van der Waals surface area contributed by atoms with Gasteiger partial charge in [-0.25, -0.2) is 13.6 Å². The van der Waals surface area contributed by atoms with Gasteiger partial charge in [-0.1, -0.05) is 0 Å². The third-order valence-electron chi connectivity index (χ3n) is 8.14. The number of ether oxygens (including phenoxy) is 2. The predicted octanol–water partition coefficient (Wildman–Crippen LogP) is 3.19. The van der Waals surface area contributed by atoms with Gasteiger partial charge >= 0.3 is 6.09 Å². The van der Waals surface area contributed by atoms with Gasteiger partial charge in [0, 0.05) is 54.7 Å². The number of halogens is 2. The molecule has 2 aliphatic rings. The molecule has 2 aromatic carbocycles. The van der Waals surface area contributed by atoms with Gasteiger partial charge in [-0.05, 0) is 68.3 Å². The lowest BCUT2D eigenvalue weighted by molar-refractivity contribution is -0.00775. The fraction of sp³-hybridized carbons (Fsp3) is 0.355. The van der Waals surface area contributed by atoms with Crippen LogP contribution in [0.4, 0.5) is 13.6 Å². The number of carbonyl (C=O) groups is 2. The fourth-order valence-corrected chi connectivity index (χ4v) is 5.85. The van der Waals surface area contributed by atoms with Crippen molar-refractivity contribution in [3.8, 4) is 16.9 Å². The van der Waals surface area contributed by atoms with Crippen molar-refractivity contribution >= 4 is 38.6 Å². The lowest BCUT2D eigenvalue weighted by atomic mass is 9.59. The van der Waals surface area contributed by atoms with Crippen LogP contribution in [0.3, 0.4) is 0 Å². The number of pyridine rings is 1. The van der Waals surface area contributed by atoms with Gasteiger partial charge in [0.1, 0.15) is 44.2 Å². The molecule has 4 heterocycles. The van der Waals surface area contributed by atoms with Crippen molar-refractivity contribution in [3.05, 3.63) is 77.2 Å². The quantitative estimate of drug-likeness (QED) is 0.317. The molecule has 226 valence electrons. The van der Waals surface area contributed by atoms with E-state index in [9.17, 15) is 9.59 Å². The number of aryl methyl sites for hydroxylation is 1. The number of nitrogens with zero attached hydrogens (tertiary/aromatic N) is 5. The van der Waals surface area contributed by atoms with Crippen LogP contribution in [-0.2, 0) is 23.7 Å². The van der Waals surface area contributed by atoms with Gasteiger partial charge in [-0.2, -0.15) is 5.10 Å². The molecule has 0 aliphatic carbocycles. The molecule has 0 atom stereocenters. The van der Waals surface area contributed by atoms with E-state index in [1.165, 1.54) is 17.0 Å². The van der Waals surface area contributed by atoms with Crippen LogP contribution in [0.1, 0.15) is 42.4 Å². The molecule has 0 N–H and O–H groups in total. The summed E-state index contributed by atoms with van der Waals surface area (Å²) in [7, 11) is 5.40. The highest BCUT2D eigenvalue weighted by Crippen LogP contribution is 2.38. The summed E-state index contributed by atoms with van der Waals surface area (Å²) in [6.45, 7) is 6.71. The first-order chi connectivity index (χ1) is 20.7. The van der Waals surface area contributed by atoms with Crippen LogP contribution in [0.2, 0.25) is 0 Å². The fourth-order valence-electron chi connectivity index (χ4n) is 5.85. The maximum Gasteiger partial charge on any atom is 0.410 e. The van der Waals surface area contributed by atoms with Crippen molar-refractivity contribution in [1.82, 2.24) is 24.6 Å². The first-order valence-electron chi connectivity index (χ1n) is 14.6. The number of hydrogen-bond donors (Lipinski definition) is 0. The number of hydrogen-bond acceptors (Lipinski definition) is 6. The molecule has 1 fully saturated rings. The van der Waals surface area contributed by atoms with Gasteiger partial charge in [-0.15, -0.1) is 0 Å². The van der Waals surface area contributed by atoms with Gasteiger partial charge in [0.05, 0.1) is 24.4 Å². The summed E-state index contributed by atoms with van der Waals surface area (Å²) < 4.78 is 44.3. The Kier molecular flexibility index (Phi) is 7.17.